The molecular formula is C14H20N2O. The third kappa shape index (κ3) is 2.78. The van der Waals surface area contributed by atoms with Gasteiger partial charge in [0.2, 0.25) is 0 Å². The predicted molar refractivity (Wildman–Crippen MR) is 71.1 cm³/mol. The molecule has 0 saturated heterocycles. The molecule has 1 aliphatic rings. The molecule has 0 spiro atoms. The van der Waals surface area contributed by atoms with Crippen LogP contribution < -0.4 is 10.1 Å². The maximum absolute atomic E-state index is 5.41. The fraction of sp³-hybridized carbons (Fsp3) is 0.500. The molecule has 2 rings (SSSR count). The Morgan fingerprint density at radius 3 is 2.82 bits per heavy atom. The molecule has 1 heterocycles. The first kappa shape index (κ1) is 12.0. The molecule has 0 radical (unpaired) electrons. The van der Waals surface area contributed by atoms with Crippen LogP contribution in [0.2, 0.25) is 0 Å². The lowest BCUT2D eigenvalue weighted by Crippen LogP contribution is -2.20. The van der Waals surface area contributed by atoms with Gasteiger partial charge in [-0.15, -0.1) is 0 Å². The van der Waals surface area contributed by atoms with Crippen LogP contribution in [0.15, 0.2) is 23.2 Å². The molecule has 3 heteroatoms. The van der Waals surface area contributed by atoms with E-state index in [2.05, 4.69) is 42.4 Å². The van der Waals surface area contributed by atoms with Gasteiger partial charge in [-0.05, 0) is 17.5 Å². The molecule has 1 N–H and O–H groups in total. The summed E-state index contributed by atoms with van der Waals surface area (Å²) in [6, 6.07) is 6.42. The van der Waals surface area contributed by atoms with Crippen LogP contribution in [0.1, 0.15) is 30.9 Å². The van der Waals surface area contributed by atoms with E-state index < -0.39 is 0 Å². The lowest BCUT2D eigenvalue weighted by atomic mass is 9.98. The maximum Gasteiger partial charge on any atom is 0.122 e. The second-order valence-corrected chi connectivity index (χ2v) is 4.66. The van der Waals surface area contributed by atoms with Crippen LogP contribution in [0.5, 0.6) is 5.75 Å². The molecule has 1 aliphatic heterocycles. The minimum absolute atomic E-state index is 0.540. The van der Waals surface area contributed by atoms with E-state index in [4.69, 9.17) is 4.74 Å². The fourth-order valence-electron chi connectivity index (χ4n) is 2.04. The lowest BCUT2D eigenvalue weighted by molar-refractivity contribution is 0.410. The Hall–Kier alpha value is -1.51. The summed E-state index contributed by atoms with van der Waals surface area (Å²) < 4.78 is 5.41. The summed E-state index contributed by atoms with van der Waals surface area (Å²) in [6.45, 7) is 6.26. The van der Waals surface area contributed by atoms with Gasteiger partial charge in [0, 0.05) is 18.5 Å². The van der Waals surface area contributed by atoms with E-state index in [0.717, 1.165) is 31.1 Å². The third-order valence-electron chi connectivity index (χ3n) is 3.07. The summed E-state index contributed by atoms with van der Waals surface area (Å²) in [5, 5.41) is 3.30. The number of hydrogen-bond donors (Lipinski definition) is 1. The number of nitrogens with one attached hydrogen (secondary N) is 1. The Morgan fingerprint density at radius 2 is 2.24 bits per heavy atom. The predicted octanol–water partition coefficient (Wildman–Crippen LogP) is 2.36. The van der Waals surface area contributed by atoms with Crippen molar-refractivity contribution >= 4 is 5.84 Å². The molecule has 1 aromatic rings. The molecule has 0 atom stereocenters. The molecule has 0 bridgehead atoms. The number of hydrogen-bond acceptors (Lipinski definition) is 3. The smallest absolute Gasteiger partial charge is 0.122 e. The van der Waals surface area contributed by atoms with E-state index in [1.807, 2.05) is 0 Å². The van der Waals surface area contributed by atoms with Crippen molar-refractivity contribution in [3.8, 4) is 5.75 Å². The Bertz CT molecular complexity index is 424. The van der Waals surface area contributed by atoms with Crippen molar-refractivity contribution in [2.45, 2.75) is 26.2 Å². The molecule has 0 aromatic heterocycles. The van der Waals surface area contributed by atoms with Gasteiger partial charge < -0.3 is 10.1 Å². The highest BCUT2D eigenvalue weighted by Crippen LogP contribution is 2.24. The highest BCUT2D eigenvalue weighted by molar-refractivity contribution is 5.86. The zero-order valence-electron chi connectivity index (χ0n) is 10.8. The largest absolute Gasteiger partial charge is 0.496 e. The Balaban J connectivity index is 2.25. The Morgan fingerprint density at radius 1 is 1.41 bits per heavy atom. The van der Waals surface area contributed by atoms with Crippen molar-refractivity contribution in [1.29, 1.82) is 0 Å². The van der Waals surface area contributed by atoms with Crippen LogP contribution in [0.3, 0.4) is 0 Å². The molecular weight excluding hydrogens is 212 g/mol. The normalized spacial score (nSPS) is 14.7. The molecule has 3 nitrogen and oxygen atoms in total. The number of amidine groups is 1. The Labute approximate surface area is 103 Å². The summed E-state index contributed by atoms with van der Waals surface area (Å²) in [5.41, 5.74) is 2.56. The van der Waals surface area contributed by atoms with Crippen LogP contribution >= 0.6 is 0 Å². The number of rotatable bonds is 4. The number of nitrogens with zero attached hydrogens (tertiary/aromatic N) is 1. The third-order valence-corrected chi connectivity index (χ3v) is 3.07. The fourth-order valence-corrected chi connectivity index (χ4v) is 2.04. The van der Waals surface area contributed by atoms with Crippen molar-refractivity contribution in [2.24, 2.45) is 4.99 Å². The summed E-state index contributed by atoms with van der Waals surface area (Å²) in [7, 11) is 1.72. The molecule has 17 heavy (non-hydrogen) atoms. The van der Waals surface area contributed by atoms with Gasteiger partial charge in [0.15, 0.2) is 0 Å². The zero-order chi connectivity index (χ0) is 12.3. The highest BCUT2D eigenvalue weighted by Gasteiger charge is 2.11. The van der Waals surface area contributed by atoms with Crippen molar-refractivity contribution in [1.82, 2.24) is 5.32 Å². The van der Waals surface area contributed by atoms with Crippen LogP contribution in [-0.2, 0) is 6.42 Å². The molecule has 0 amide bonds. The van der Waals surface area contributed by atoms with Crippen molar-refractivity contribution in [3.05, 3.63) is 29.3 Å². The second-order valence-electron chi connectivity index (χ2n) is 4.66. The Kier molecular flexibility index (Phi) is 3.67. The first-order chi connectivity index (χ1) is 8.20. The van der Waals surface area contributed by atoms with Crippen LogP contribution in [0.4, 0.5) is 0 Å². The summed E-state index contributed by atoms with van der Waals surface area (Å²) in [6.07, 6.45) is 0.837. The molecule has 1 aromatic carbocycles. The van der Waals surface area contributed by atoms with E-state index in [1.54, 1.807) is 7.11 Å². The SMILES string of the molecule is COc1ccc(C(C)C)cc1CC1=NCCN1. The maximum atomic E-state index is 5.41. The molecule has 0 aliphatic carbocycles. The highest BCUT2D eigenvalue weighted by atomic mass is 16.5. The van der Waals surface area contributed by atoms with Gasteiger partial charge >= 0.3 is 0 Å². The van der Waals surface area contributed by atoms with E-state index in [9.17, 15) is 0 Å². The van der Waals surface area contributed by atoms with Gasteiger partial charge in [-0.2, -0.15) is 0 Å². The second kappa shape index (κ2) is 5.21. The summed E-state index contributed by atoms with van der Waals surface area (Å²) in [4.78, 5) is 4.43. The molecule has 0 unspecified atom stereocenters. The monoisotopic (exact) mass is 232 g/mol. The van der Waals surface area contributed by atoms with E-state index in [0.29, 0.717) is 5.92 Å². The van der Waals surface area contributed by atoms with Gasteiger partial charge in [0.05, 0.1) is 13.7 Å². The van der Waals surface area contributed by atoms with Crippen LogP contribution in [0, 0.1) is 0 Å². The molecule has 0 saturated carbocycles. The topological polar surface area (TPSA) is 33.6 Å². The van der Waals surface area contributed by atoms with Crippen molar-refractivity contribution in [2.75, 3.05) is 20.2 Å². The first-order valence-corrected chi connectivity index (χ1v) is 6.14. The zero-order valence-corrected chi connectivity index (χ0v) is 10.8. The minimum atomic E-state index is 0.540. The standard InChI is InChI=1S/C14H20N2O/c1-10(2)11-4-5-13(17-3)12(8-11)9-14-15-6-7-16-14/h4-5,8,10H,6-7,9H2,1-3H3,(H,15,16). The quantitative estimate of drug-likeness (QED) is 0.864. The van der Waals surface area contributed by atoms with E-state index in [-0.39, 0.29) is 0 Å². The number of methoxy groups -OCH3 is 1. The average molecular weight is 232 g/mol. The van der Waals surface area contributed by atoms with Gasteiger partial charge in [-0.1, -0.05) is 26.0 Å². The van der Waals surface area contributed by atoms with E-state index >= 15 is 0 Å². The molecule has 92 valence electrons. The van der Waals surface area contributed by atoms with Gasteiger partial charge in [0.25, 0.3) is 0 Å². The summed E-state index contributed by atoms with van der Waals surface area (Å²) in [5.74, 6) is 2.56. The van der Waals surface area contributed by atoms with Crippen molar-refractivity contribution < 1.29 is 4.74 Å². The number of benzene rings is 1. The van der Waals surface area contributed by atoms with Gasteiger partial charge in [-0.3, -0.25) is 4.99 Å². The average Bonchev–Trinajstić information content (AvgIpc) is 2.81. The number of aliphatic imine (C=N–C) groups is 1. The summed E-state index contributed by atoms with van der Waals surface area (Å²) >= 11 is 0. The van der Waals surface area contributed by atoms with Crippen molar-refractivity contribution in [3.63, 3.8) is 0 Å². The van der Waals surface area contributed by atoms with Gasteiger partial charge in [0.1, 0.15) is 11.6 Å². The van der Waals surface area contributed by atoms with E-state index in [1.165, 1.54) is 11.1 Å². The van der Waals surface area contributed by atoms with Crippen LogP contribution in [-0.4, -0.2) is 26.0 Å². The van der Waals surface area contributed by atoms with Gasteiger partial charge in [-0.25, -0.2) is 0 Å². The molecule has 0 fully saturated rings. The van der Waals surface area contributed by atoms with Crippen LogP contribution in [0.25, 0.3) is 0 Å². The minimum Gasteiger partial charge on any atom is -0.496 e. The lowest BCUT2D eigenvalue weighted by Gasteiger charge is -2.13. The number of ether oxygens (including phenoxy) is 1. The first-order valence-electron chi connectivity index (χ1n) is 6.14.